The summed E-state index contributed by atoms with van der Waals surface area (Å²) in [5.74, 6) is -1.09. The number of fused-ring (bicyclic) bond motifs is 1. The molecule has 1 amide bonds. The lowest BCUT2D eigenvalue weighted by Crippen LogP contribution is -2.33. The Kier molecular flexibility index (Phi) is 5.08. The highest BCUT2D eigenvalue weighted by Crippen LogP contribution is 2.27. The number of rotatable bonds is 5. The molecule has 0 fully saturated rings. The Morgan fingerprint density at radius 3 is 2.65 bits per heavy atom. The summed E-state index contributed by atoms with van der Waals surface area (Å²) in [6, 6.07) is 13.9. The van der Waals surface area contributed by atoms with E-state index in [1.807, 2.05) is 24.3 Å². The maximum atomic E-state index is 12.4. The molecule has 0 bridgehead atoms. The van der Waals surface area contributed by atoms with Gasteiger partial charge in [0.15, 0.2) is 16.4 Å². The summed E-state index contributed by atoms with van der Waals surface area (Å²) in [4.78, 5) is 26.2. The minimum Gasteiger partial charge on any atom is -0.452 e. The van der Waals surface area contributed by atoms with Crippen molar-refractivity contribution < 1.29 is 22.7 Å². The smallest absolute Gasteiger partial charge is 0.338 e. The van der Waals surface area contributed by atoms with Crippen molar-refractivity contribution in [1.29, 1.82) is 0 Å². The van der Waals surface area contributed by atoms with Crippen molar-refractivity contribution in [2.24, 2.45) is 0 Å². The van der Waals surface area contributed by atoms with Crippen LogP contribution in [0.15, 0.2) is 48.5 Å². The Labute approximate surface area is 152 Å². The van der Waals surface area contributed by atoms with Crippen LogP contribution in [-0.4, -0.2) is 39.7 Å². The number of carbonyl (C=O) groups excluding carboxylic acids is 2. The molecular formula is C19H19NO5S. The lowest BCUT2D eigenvalue weighted by atomic mass is 10.1. The van der Waals surface area contributed by atoms with Crippen molar-refractivity contribution >= 4 is 27.4 Å². The quantitative estimate of drug-likeness (QED) is 0.749. The van der Waals surface area contributed by atoms with Gasteiger partial charge in [0.25, 0.3) is 5.91 Å². The first-order valence-corrected chi connectivity index (χ1v) is 10.2. The van der Waals surface area contributed by atoms with E-state index in [0.717, 1.165) is 23.9 Å². The molecule has 0 radical (unpaired) electrons. The Bertz CT molecular complexity index is 952. The van der Waals surface area contributed by atoms with Crippen LogP contribution in [0.25, 0.3) is 0 Å². The number of benzene rings is 2. The predicted molar refractivity (Wildman–Crippen MR) is 97.8 cm³/mol. The number of anilines is 1. The Morgan fingerprint density at radius 1 is 1.12 bits per heavy atom. The first kappa shape index (κ1) is 18.1. The number of esters is 1. The van der Waals surface area contributed by atoms with Crippen LogP contribution in [0.1, 0.15) is 21.5 Å². The fourth-order valence-electron chi connectivity index (χ4n) is 2.98. The molecule has 0 N–H and O–H groups in total. The zero-order valence-electron chi connectivity index (χ0n) is 14.3. The summed E-state index contributed by atoms with van der Waals surface area (Å²) in [5, 5.41) is 0. The molecule has 0 aromatic heterocycles. The minimum absolute atomic E-state index is 0.155. The molecule has 0 saturated heterocycles. The average Bonchev–Trinajstić information content (AvgIpc) is 3.02. The second kappa shape index (κ2) is 7.29. The normalized spacial score (nSPS) is 13.3. The van der Waals surface area contributed by atoms with Crippen LogP contribution in [0.5, 0.6) is 0 Å². The molecule has 3 rings (SSSR count). The lowest BCUT2D eigenvalue weighted by molar-refractivity contribution is -0.121. The van der Waals surface area contributed by atoms with Crippen LogP contribution < -0.4 is 4.90 Å². The molecule has 0 aliphatic carbocycles. The van der Waals surface area contributed by atoms with Gasteiger partial charge in [0.1, 0.15) is 0 Å². The Morgan fingerprint density at radius 2 is 1.88 bits per heavy atom. The van der Waals surface area contributed by atoms with Gasteiger partial charge in [-0.15, -0.1) is 0 Å². The number of sulfone groups is 1. The Balaban J connectivity index is 1.63. The standard InChI is InChI=1S/C19H19NO5S/c1-26(23,24)13-14-5-4-7-16(11-14)19(22)25-12-18(21)20-10-9-15-6-2-3-8-17(15)20/h2-8,11H,9-10,12-13H2,1H3. The summed E-state index contributed by atoms with van der Waals surface area (Å²) >= 11 is 0. The number of carbonyl (C=O) groups is 2. The van der Waals surface area contributed by atoms with Gasteiger partial charge in [0.2, 0.25) is 0 Å². The third-order valence-electron chi connectivity index (χ3n) is 4.11. The molecule has 0 saturated carbocycles. The zero-order chi connectivity index (χ0) is 18.7. The van der Waals surface area contributed by atoms with Gasteiger partial charge in [-0.3, -0.25) is 4.79 Å². The summed E-state index contributed by atoms with van der Waals surface area (Å²) in [6.07, 6.45) is 1.91. The van der Waals surface area contributed by atoms with Crippen LogP contribution in [0.4, 0.5) is 5.69 Å². The Hall–Kier alpha value is -2.67. The maximum absolute atomic E-state index is 12.4. The van der Waals surface area contributed by atoms with E-state index >= 15 is 0 Å². The van der Waals surface area contributed by atoms with E-state index < -0.39 is 15.8 Å². The van der Waals surface area contributed by atoms with Gasteiger partial charge in [-0.2, -0.15) is 0 Å². The van der Waals surface area contributed by atoms with Crippen LogP contribution in [0.2, 0.25) is 0 Å². The molecule has 7 heteroatoms. The van der Waals surface area contributed by atoms with Crippen molar-refractivity contribution in [3.05, 3.63) is 65.2 Å². The van der Waals surface area contributed by atoms with Crippen molar-refractivity contribution in [2.75, 3.05) is 24.3 Å². The summed E-state index contributed by atoms with van der Waals surface area (Å²) in [5.41, 5.74) is 2.67. The number of nitrogens with zero attached hydrogens (tertiary/aromatic N) is 1. The van der Waals surface area contributed by atoms with Crippen LogP contribution in [0, 0.1) is 0 Å². The van der Waals surface area contributed by atoms with Crippen molar-refractivity contribution in [3.63, 3.8) is 0 Å². The largest absolute Gasteiger partial charge is 0.452 e. The molecule has 2 aromatic rings. The molecule has 0 unspecified atom stereocenters. The van der Waals surface area contributed by atoms with Gasteiger partial charge < -0.3 is 9.64 Å². The van der Waals surface area contributed by atoms with Crippen LogP contribution >= 0.6 is 0 Å². The van der Waals surface area contributed by atoms with Gasteiger partial charge >= 0.3 is 5.97 Å². The summed E-state index contributed by atoms with van der Waals surface area (Å²) in [7, 11) is -3.20. The average molecular weight is 373 g/mol. The van der Waals surface area contributed by atoms with Gasteiger partial charge in [0.05, 0.1) is 11.3 Å². The highest BCUT2D eigenvalue weighted by Gasteiger charge is 2.25. The van der Waals surface area contributed by atoms with E-state index in [9.17, 15) is 18.0 Å². The second-order valence-corrected chi connectivity index (χ2v) is 8.41. The van der Waals surface area contributed by atoms with Crippen LogP contribution in [0.3, 0.4) is 0 Å². The first-order valence-electron chi connectivity index (χ1n) is 8.15. The first-order chi connectivity index (χ1) is 12.3. The second-order valence-electron chi connectivity index (χ2n) is 6.27. The van der Waals surface area contributed by atoms with E-state index in [-0.39, 0.29) is 23.8 Å². The number of para-hydroxylation sites is 1. The van der Waals surface area contributed by atoms with E-state index in [2.05, 4.69) is 0 Å². The highest BCUT2D eigenvalue weighted by atomic mass is 32.2. The fraction of sp³-hybridized carbons (Fsp3) is 0.263. The van der Waals surface area contributed by atoms with Gasteiger partial charge in [-0.1, -0.05) is 30.3 Å². The number of hydrogen-bond acceptors (Lipinski definition) is 5. The number of amides is 1. The molecule has 1 heterocycles. The molecule has 2 aromatic carbocycles. The van der Waals surface area contributed by atoms with Crippen LogP contribution in [-0.2, 0) is 31.5 Å². The molecule has 1 aliphatic heterocycles. The molecular weight excluding hydrogens is 354 g/mol. The third-order valence-corrected chi connectivity index (χ3v) is 4.96. The van der Waals surface area contributed by atoms with E-state index in [1.165, 1.54) is 12.1 Å². The summed E-state index contributed by atoms with van der Waals surface area (Å²) < 4.78 is 27.9. The molecule has 1 aliphatic rings. The van der Waals surface area contributed by atoms with Crippen molar-refractivity contribution in [3.8, 4) is 0 Å². The summed E-state index contributed by atoms with van der Waals surface area (Å²) in [6.45, 7) is 0.211. The minimum atomic E-state index is -3.20. The van der Waals surface area contributed by atoms with Gasteiger partial charge in [-0.05, 0) is 35.7 Å². The SMILES string of the molecule is CS(=O)(=O)Cc1cccc(C(=O)OCC(=O)N2CCc3ccccc32)c1. The topological polar surface area (TPSA) is 80.7 Å². The predicted octanol–water partition coefficient (Wildman–Crippen LogP) is 1.98. The molecule has 0 atom stereocenters. The van der Waals surface area contributed by atoms with E-state index in [4.69, 9.17) is 4.74 Å². The van der Waals surface area contributed by atoms with E-state index in [1.54, 1.807) is 17.0 Å². The fourth-order valence-corrected chi connectivity index (χ4v) is 3.76. The highest BCUT2D eigenvalue weighted by molar-refractivity contribution is 7.89. The van der Waals surface area contributed by atoms with Crippen molar-refractivity contribution in [2.45, 2.75) is 12.2 Å². The molecule has 6 nitrogen and oxygen atoms in total. The third kappa shape index (κ3) is 4.29. The number of hydrogen-bond donors (Lipinski definition) is 0. The number of ether oxygens (including phenoxy) is 1. The lowest BCUT2D eigenvalue weighted by Gasteiger charge is -2.17. The van der Waals surface area contributed by atoms with Gasteiger partial charge in [0, 0.05) is 18.5 Å². The van der Waals surface area contributed by atoms with E-state index in [0.29, 0.717) is 12.1 Å². The molecule has 136 valence electrons. The molecule has 26 heavy (non-hydrogen) atoms. The zero-order valence-corrected chi connectivity index (χ0v) is 15.2. The van der Waals surface area contributed by atoms with Gasteiger partial charge in [-0.25, -0.2) is 13.2 Å². The van der Waals surface area contributed by atoms with Crippen molar-refractivity contribution in [1.82, 2.24) is 0 Å². The monoisotopic (exact) mass is 373 g/mol. The molecule has 0 spiro atoms. The maximum Gasteiger partial charge on any atom is 0.338 e.